The fourth-order valence-corrected chi connectivity index (χ4v) is 3.09. The predicted molar refractivity (Wildman–Crippen MR) is 98.7 cm³/mol. The Morgan fingerprint density at radius 3 is 2.21 bits per heavy atom. The second-order valence-corrected chi connectivity index (χ2v) is 6.33. The number of hydrogen-bond acceptors (Lipinski definition) is 5. The largest absolute Gasteiger partial charge is 0.353 e. The molecule has 0 atom stereocenters. The third-order valence-corrected chi connectivity index (χ3v) is 4.46. The smallest absolute Gasteiger partial charge is 0.134 e. The van der Waals surface area contributed by atoms with Crippen molar-refractivity contribution in [3.63, 3.8) is 0 Å². The van der Waals surface area contributed by atoms with E-state index in [2.05, 4.69) is 64.1 Å². The van der Waals surface area contributed by atoms with Crippen molar-refractivity contribution in [2.24, 2.45) is 0 Å². The minimum Gasteiger partial charge on any atom is -0.353 e. The van der Waals surface area contributed by atoms with Crippen LogP contribution in [0.5, 0.6) is 0 Å². The van der Waals surface area contributed by atoms with Gasteiger partial charge in [-0.2, -0.15) is 0 Å². The van der Waals surface area contributed by atoms with Crippen LogP contribution in [-0.4, -0.2) is 22.9 Å². The molecular weight excluding hydrogens is 298 g/mol. The van der Waals surface area contributed by atoms with E-state index in [0.717, 1.165) is 31.0 Å². The van der Waals surface area contributed by atoms with Gasteiger partial charge in [0.1, 0.15) is 11.6 Å². The number of allylic oxidation sites excluding steroid dienone is 2. The Hall–Kier alpha value is -2.30. The monoisotopic (exact) mass is 327 g/mol. The Labute approximate surface area is 145 Å². The molecule has 3 heterocycles. The van der Waals surface area contributed by atoms with E-state index >= 15 is 0 Å². The van der Waals surface area contributed by atoms with Crippen LogP contribution in [0.2, 0.25) is 0 Å². The molecule has 0 aliphatic carbocycles. The predicted octanol–water partition coefficient (Wildman–Crippen LogP) is 3.23. The summed E-state index contributed by atoms with van der Waals surface area (Å²) in [6.45, 7) is 6.56. The highest BCUT2D eigenvalue weighted by Crippen LogP contribution is 2.23. The summed E-state index contributed by atoms with van der Waals surface area (Å²) >= 11 is 0. The van der Waals surface area contributed by atoms with Crippen molar-refractivity contribution >= 4 is 0 Å². The van der Waals surface area contributed by atoms with Crippen LogP contribution in [0, 0.1) is 0 Å². The van der Waals surface area contributed by atoms with Crippen LogP contribution in [0.4, 0.5) is 0 Å². The average Bonchev–Trinajstić information content (AvgIpc) is 3.27. The average molecular weight is 327 g/mol. The Kier molecular flexibility index (Phi) is 5.51. The zero-order valence-electron chi connectivity index (χ0n) is 14.8. The first kappa shape index (κ1) is 16.6. The van der Waals surface area contributed by atoms with E-state index in [1.807, 2.05) is 12.4 Å². The molecule has 0 aromatic carbocycles. The van der Waals surface area contributed by atoms with Gasteiger partial charge in [0, 0.05) is 44.3 Å². The van der Waals surface area contributed by atoms with Gasteiger partial charge < -0.3 is 25.8 Å². The van der Waals surface area contributed by atoms with Crippen LogP contribution < -0.4 is 16.0 Å². The van der Waals surface area contributed by atoms with E-state index in [1.165, 1.54) is 37.2 Å². The summed E-state index contributed by atoms with van der Waals surface area (Å²) in [7, 11) is 0. The molecule has 5 heteroatoms. The summed E-state index contributed by atoms with van der Waals surface area (Å²) in [5, 5.41) is 10.4. The molecule has 0 bridgehead atoms. The SMILES string of the molecule is CCCCN1C=CNC1=C1C=CCC(=C2NC=CN2CCCC)N1. The van der Waals surface area contributed by atoms with Crippen molar-refractivity contribution in [1.29, 1.82) is 0 Å². The van der Waals surface area contributed by atoms with Gasteiger partial charge >= 0.3 is 0 Å². The molecule has 5 nitrogen and oxygen atoms in total. The van der Waals surface area contributed by atoms with E-state index in [9.17, 15) is 0 Å². The molecule has 0 amide bonds. The highest BCUT2D eigenvalue weighted by atomic mass is 15.3. The molecule has 0 aromatic rings. The molecule has 0 saturated heterocycles. The van der Waals surface area contributed by atoms with Gasteiger partial charge in [0.15, 0.2) is 0 Å². The van der Waals surface area contributed by atoms with Crippen molar-refractivity contribution in [3.8, 4) is 0 Å². The van der Waals surface area contributed by atoms with Gasteiger partial charge in [-0.05, 0) is 18.9 Å². The van der Waals surface area contributed by atoms with Gasteiger partial charge in [-0.1, -0.05) is 32.8 Å². The number of nitrogens with zero attached hydrogens (tertiary/aromatic N) is 2. The van der Waals surface area contributed by atoms with E-state index in [1.54, 1.807) is 0 Å². The lowest BCUT2D eigenvalue weighted by atomic mass is 10.1. The Morgan fingerprint density at radius 2 is 1.54 bits per heavy atom. The van der Waals surface area contributed by atoms with Crippen LogP contribution >= 0.6 is 0 Å². The molecular formula is C19H29N5. The van der Waals surface area contributed by atoms with Crippen molar-refractivity contribution in [2.45, 2.75) is 46.0 Å². The normalized spacial score (nSPS) is 25.2. The molecule has 0 spiro atoms. The topological polar surface area (TPSA) is 42.6 Å². The first-order chi connectivity index (χ1) is 11.8. The van der Waals surface area contributed by atoms with Gasteiger partial charge in [-0.3, -0.25) is 0 Å². The fraction of sp³-hybridized carbons (Fsp3) is 0.474. The van der Waals surface area contributed by atoms with Crippen molar-refractivity contribution in [2.75, 3.05) is 13.1 Å². The number of hydrogen-bond donors (Lipinski definition) is 3. The van der Waals surface area contributed by atoms with Gasteiger partial charge in [-0.25, -0.2) is 0 Å². The van der Waals surface area contributed by atoms with Crippen LogP contribution in [0.15, 0.2) is 60.0 Å². The minimum absolute atomic E-state index is 0.922. The van der Waals surface area contributed by atoms with E-state index in [4.69, 9.17) is 0 Å². The van der Waals surface area contributed by atoms with Gasteiger partial charge in [0.2, 0.25) is 0 Å². The van der Waals surface area contributed by atoms with E-state index < -0.39 is 0 Å². The molecule has 0 radical (unpaired) electrons. The summed E-state index contributed by atoms with van der Waals surface area (Å²) in [6.07, 6.45) is 18.4. The molecule has 130 valence electrons. The fourth-order valence-electron chi connectivity index (χ4n) is 3.09. The van der Waals surface area contributed by atoms with Crippen LogP contribution in [-0.2, 0) is 0 Å². The maximum atomic E-state index is 3.63. The standard InChI is InChI=1S/C19H29N5/c1-3-5-12-23-14-10-20-18(23)16-8-7-9-17(22-16)19-21-11-15-24(19)13-6-4-2/h7-8,10-11,14-15,20-22H,3-6,9,12-13H2,1-2H3. The van der Waals surface area contributed by atoms with Crippen molar-refractivity contribution in [1.82, 2.24) is 25.8 Å². The molecule has 0 unspecified atom stereocenters. The lowest BCUT2D eigenvalue weighted by Gasteiger charge is -2.27. The highest BCUT2D eigenvalue weighted by Gasteiger charge is 2.21. The molecule has 0 fully saturated rings. The zero-order valence-corrected chi connectivity index (χ0v) is 14.8. The second kappa shape index (κ2) is 7.99. The van der Waals surface area contributed by atoms with Crippen LogP contribution in [0.3, 0.4) is 0 Å². The molecule has 3 aliphatic heterocycles. The Balaban J connectivity index is 1.77. The molecule has 0 saturated carbocycles. The summed E-state index contributed by atoms with van der Waals surface area (Å²) in [4.78, 5) is 4.60. The van der Waals surface area contributed by atoms with Gasteiger partial charge in [0.05, 0.1) is 11.4 Å². The maximum Gasteiger partial charge on any atom is 0.134 e. The summed E-state index contributed by atoms with van der Waals surface area (Å²) < 4.78 is 0. The molecule has 3 N–H and O–H groups in total. The summed E-state index contributed by atoms with van der Waals surface area (Å²) in [5.41, 5.74) is 2.36. The first-order valence-corrected chi connectivity index (χ1v) is 9.14. The third-order valence-electron chi connectivity index (χ3n) is 4.46. The summed E-state index contributed by atoms with van der Waals surface area (Å²) in [6, 6.07) is 0. The lowest BCUT2D eigenvalue weighted by Crippen LogP contribution is -2.31. The molecule has 3 aliphatic rings. The van der Waals surface area contributed by atoms with Gasteiger partial charge in [0.25, 0.3) is 0 Å². The zero-order chi connectivity index (χ0) is 16.8. The quantitative estimate of drug-likeness (QED) is 0.699. The highest BCUT2D eigenvalue weighted by molar-refractivity contribution is 5.36. The molecule has 24 heavy (non-hydrogen) atoms. The second-order valence-electron chi connectivity index (χ2n) is 6.33. The minimum atomic E-state index is 0.922. The molecule has 3 rings (SSSR count). The van der Waals surface area contributed by atoms with Gasteiger partial charge in [-0.15, -0.1) is 0 Å². The number of unbranched alkanes of at least 4 members (excludes halogenated alkanes) is 2. The van der Waals surface area contributed by atoms with Crippen molar-refractivity contribution < 1.29 is 0 Å². The van der Waals surface area contributed by atoms with E-state index in [-0.39, 0.29) is 0 Å². The molecule has 0 aromatic heterocycles. The number of rotatable bonds is 6. The Bertz CT molecular complexity index is 597. The van der Waals surface area contributed by atoms with Crippen molar-refractivity contribution in [3.05, 3.63) is 60.0 Å². The summed E-state index contributed by atoms with van der Waals surface area (Å²) in [5.74, 6) is 2.32. The Morgan fingerprint density at radius 1 is 0.917 bits per heavy atom. The van der Waals surface area contributed by atoms with Crippen LogP contribution in [0.1, 0.15) is 46.0 Å². The number of nitrogens with one attached hydrogen (secondary N) is 3. The lowest BCUT2D eigenvalue weighted by molar-refractivity contribution is 0.434. The third kappa shape index (κ3) is 3.61. The van der Waals surface area contributed by atoms with E-state index in [0.29, 0.717) is 0 Å². The van der Waals surface area contributed by atoms with Crippen LogP contribution in [0.25, 0.3) is 0 Å². The first-order valence-electron chi connectivity index (χ1n) is 9.14. The maximum absolute atomic E-state index is 3.63.